The van der Waals surface area contributed by atoms with Gasteiger partial charge in [0.25, 0.3) is 0 Å². The highest BCUT2D eigenvalue weighted by Gasteiger charge is 2.49. The molecule has 1 aromatic rings. The maximum atomic E-state index is 11.8. The van der Waals surface area contributed by atoms with E-state index >= 15 is 0 Å². The van der Waals surface area contributed by atoms with Crippen LogP contribution in [0.5, 0.6) is 11.5 Å². The molecule has 0 saturated carbocycles. The van der Waals surface area contributed by atoms with Crippen molar-refractivity contribution >= 4 is 12.0 Å². The largest absolute Gasteiger partial charge is 0.504 e. The highest BCUT2D eigenvalue weighted by molar-refractivity contribution is 5.87. The van der Waals surface area contributed by atoms with Crippen molar-refractivity contribution in [3.05, 3.63) is 29.8 Å². The van der Waals surface area contributed by atoms with E-state index in [1.165, 1.54) is 6.07 Å². The number of hydrogen-bond acceptors (Lipinski definition) is 9. The summed E-state index contributed by atoms with van der Waals surface area (Å²) < 4.78 is 17.5. The Balaban J connectivity index is 2.05. The molecule has 1 aromatic carbocycles. The zero-order chi connectivity index (χ0) is 18.8. The number of carbonyl (C=O) groups is 1. The van der Waals surface area contributed by atoms with Crippen LogP contribution in [0.4, 0.5) is 0 Å². The zero-order valence-corrected chi connectivity index (χ0v) is 12.4. The molecule has 0 amide bonds. The SMILES string of the molecule is [2H]/C(=C\C(=O)O[C@@H]1COC(O)(CO)[C@@H](O)[C@@H]1O)c1ccc(O)c(O)c1. The molecule has 1 saturated heterocycles. The second-order valence-electron chi connectivity index (χ2n) is 5.22. The maximum absolute atomic E-state index is 11.8. The normalized spacial score (nSPS) is 31.4. The first-order valence-electron chi connectivity index (χ1n) is 7.42. The van der Waals surface area contributed by atoms with Crippen molar-refractivity contribution in [3.8, 4) is 11.5 Å². The molecule has 24 heavy (non-hydrogen) atoms. The topological polar surface area (TPSA) is 157 Å². The van der Waals surface area contributed by atoms with Crippen molar-refractivity contribution in [1.82, 2.24) is 0 Å². The lowest BCUT2D eigenvalue weighted by molar-refractivity contribution is -0.331. The molecule has 1 unspecified atom stereocenters. The van der Waals surface area contributed by atoms with Crippen LogP contribution in [-0.4, -0.2) is 73.9 Å². The molecule has 6 N–H and O–H groups in total. The third kappa shape index (κ3) is 3.83. The molecule has 1 heterocycles. The van der Waals surface area contributed by atoms with Gasteiger partial charge < -0.3 is 40.1 Å². The summed E-state index contributed by atoms with van der Waals surface area (Å²) in [5.41, 5.74) is 0.127. The van der Waals surface area contributed by atoms with Crippen molar-refractivity contribution in [2.24, 2.45) is 0 Å². The average Bonchev–Trinajstić information content (AvgIpc) is 2.58. The number of rotatable bonds is 4. The molecular weight excluding hydrogens is 324 g/mol. The zero-order valence-electron chi connectivity index (χ0n) is 13.4. The molecule has 0 bridgehead atoms. The minimum absolute atomic E-state index is 0.127. The third-order valence-corrected chi connectivity index (χ3v) is 3.49. The average molecular weight is 343 g/mol. The highest BCUT2D eigenvalue weighted by atomic mass is 16.7. The number of aliphatic hydroxyl groups excluding tert-OH is 3. The number of ether oxygens (including phenoxy) is 2. The van der Waals surface area contributed by atoms with E-state index < -0.39 is 49.0 Å². The Bertz CT molecular complexity index is 677. The first-order chi connectivity index (χ1) is 11.7. The van der Waals surface area contributed by atoms with Crippen LogP contribution in [-0.2, 0) is 14.3 Å². The van der Waals surface area contributed by atoms with E-state index in [1.807, 2.05) is 0 Å². The number of phenolic OH excluding ortho intramolecular Hbond substituents is 2. The van der Waals surface area contributed by atoms with Crippen molar-refractivity contribution in [3.63, 3.8) is 0 Å². The van der Waals surface area contributed by atoms with E-state index in [1.54, 1.807) is 0 Å². The quantitative estimate of drug-likeness (QED) is 0.216. The monoisotopic (exact) mass is 343 g/mol. The first kappa shape index (κ1) is 16.7. The fraction of sp³-hybridized carbons (Fsp3) is 0.400. The van der Waals surface area contributed by atoms with Gasteiger partial charge in [-0.15, -0.1) is 0 Å². The van der Waals surface area contributed by atoms with Crippen LogP contribution in [0.1, 0.15) is 6.93 Å². The summed E-state index contributed by atoms with van der Waals surface area (Å²) in [6.07, 6.45) is -4.18. The molecule has 0 aliphatic carbocycles. The van der Waals surface area contributed by atoms with E-state index in [4.69, 9.17) is 16.0 Å². The molecule has 0 spiro atoms. The lowest BCUT2D eigenvalue weighted by Crippen LogP contribution is -2.63. The molecule has 132 valence electrons. The summed E-state index contributed by atoms with van der Waals surface area (Å²) in [5.74, 6) is -4.24. The third-order valence-electron chi connectivity index (χ3n) is 3.49. The van der Waals surface area contributed by atoms with E-state index in [0.29, 0.717) is 0 Å². The number of esters is 1. The van der Waals surface area contributed by atoms with Crippen LogP contribution in [0, 0.1) is 0 Å². The Morgan fingerprint density at radius 3 is 2.75 bits per heavy atom. The molecule has 9 nitrogen and oxygen atoms in total. The van der Waals surface area contributed by atoms with Gasteiger partial charge in [0.15, 0.2) is 17.6 Å². The fourth-order valence-corrected chi connectivity index (χ4v) is 2.06. The molecular formula is C15H18O9. The van der Waals surface area contributed by atoms with Crippen molar-refractivity contribution < 1.29 is 46.3 Å². The van der Waals surface area contributed by atoms with E-state index in [-0.39, 0.29) is 17.4 Å². The Morgan fingerprint density at radius 2 is 2.12 bits per heavy atom. The van der Waals surface area contributed by atoms with Crippen LogP contribution < -0.4 is 0 Å². The summed E-state index contributed by atoms with van der Waals surface area (Å²) in [7, 11) is 0. The second kappa shape index (κ2) is 7.16. The van der Waals surface area contributed by atoms with Gasteiger partial charge in [0.05, 0.1) is 14.6 Å². The Labute approximate surface area is 138 Å². The number of aromatic hydroxyl groups is 2. The molecule has 1 aliphatic heterocycles. The van der Waals surface area contributed by atoms with Gasteiger partial charge in [0.1, 0.15) is 12.2 Å². The number of phenols is 2. The van der Waals surface area contributed by atoms with Crippen molar-refractivity contribution in [1.29, 1.82) is 0 Å². The van der Waals surface area contributed by atoms with Crippen LogP contribution in [0.2, 0.25) is 0 Å². The fourth-order valence-electron chi connectivity index (χ4n) is 2.06. The van der Waals surface area contributed by atoms with Gasteiger partial charge in [-0.3, -0.25) is 0 Å². The minimum Gasteiger partial charge on any atom is -0.504 e. The van der Waals surface area contributed by atoms with Crippen LogP contribution >= 0.6 is 0 Å². The number of aliphatic hydroxyl groups is 4. The predicted molar refractivity (Wildman–Crippen MR) is 78.7 cm³/mol. The summed E-state index contributed by atoms with van der Waals surface area (Å²) in [5, 5.41) is 56.8. The molecule has 1 aliphatic rings. The van der Waals surface area contributed by atoms with Crippen molar-refractivity contribution in [2.45, 2.75) is 24.1 Å². The number of hydrogen-bond donors (Lipinski definition) is 6. The standard InChI is InChI=1S/C15H18O9/c16-7-15(22)14(21)13(20)11(6-23-15)24-12(19)4-2-8-1-3-9(17)10(18)5-8/h1-5,11,13-14,16-18,20-22H,6-7H2/b4-2+/t11-,13-,14+,15?/m1/s1/i2D. The van der Waals surface area contributed by atoms with Crippen LogP contribution in [0.15, 0.2) is 24.3 Å². The lowest BCUT2D eigenvalue weighted by Gasteiger charge is -2.41. The second-order valence-corrected chi connectivity index (χ2v) is 5.22. The molecule has 0 aromatic heterocycles. The smallest absolute Gasteiger partial charge is 0.331 e. The minimum atomic E-state index is -2.36. The van der Waals surface area contributed by atoms with Gasteiger partial charge in [-0.2, -0.15) is 0 Å². The molecule has 0 radical (unpaired) electrons. The molecule has 2 rings (SSSR count). The van der Waals surface area contributed by atoms with E-state index in [2.05, 4.69) is 0 Å². The Morgan fingerprint density at radius 1 is 1.42 bits per heavy atom. The van der Waals surface area contributed by atoms with Gasteiger partial charge in [0, 0.05) is 6.08 Å². The van der Waals surface area contributed by atoms with Crippen LogP contribution in [0.25, 0.3) is 6.05 Å². The first-order valence-corrected chi connectivity index (χ1v) is 6.92. The molecule has 9 heteroatoms. The van der Waals surface area contributed by atoms with Gasteiger partial charge >= 0.3 is 5.97 Å². The lowest BCUT2D eigenvalue weighted by atomic mass is 9.97. The summed E-state index contributed by atoms with van der Waals surface area (Å²) in [4.78, 5) is 11.8. The Hall–Kier alpha value is -2.17. The van der Waals surface area contributed by atoms with Crippen molar-refractivity contribution in [2.75, 3.05) is 13.2 Å². The number of carbonyl (C=O) groups excluding carboxylic acids is 1. The molecule has 4 atom stereocenters. The predicted octanol–water partition coefficient (Wildman–Crippen LogP) is -1.54. The van der Waals surface area contributed by atoms with Gasteiger partial charge in [-0.25, -0.2) is 4.79 Å². The highest BCUT2D eigenvalue weighted by Crippen LogP contribution is 2.26. The van der Waals surface area contributed by atoms with E-state index in [0.717, 1.165) is 18.2 Å². The van der Waals surface area contributed by atoms with Gasteiger partial charge in [-0.05, 0) is 23.7 Å². The number of benzene rings is 1. The van der Waals surface area contributed by atoms with Gasteiger partial charge in [0.2, 0.25) is 5.79 Å². The summed E-state index contributed by atoms with van der Waals surface area (Å²) >= 11 is 0. The summed E-state index contributed by atoms with van der Waals surface area (Å²) in [6, 6.07) is 3.18. The van der Waals surface area contributed by atoms with Crippen LogP contribution in [0.3, 0.4) is 0 Å². The summed E-state index contributed by atoms with van der Waals surface area (Å²) in [6.45, 7) is -1.45. The van der Waals surface area contributed by atoms with Gasteiger partial charge in [-0.1, -0.05) is 6.07 Å². The van der Waals surface area contributed by atoms with E-state index in [9.17, 15) is 30.3 Å². The molecule has 1 fully saturated rings. The Kier molecular flexibility index (Phi) is 4.97. The maximum Gasteiger partial charge on any atom is 0.331 e.